The van der Waals surface area contributed by atoms with E-state index in [-0.39, 0.29) is 6.54 Å². The molecule has 0 atom stereocenters. The van der Waals surface area contributed by atoms with Crippen LogP contribution in [0.5, 0.6) is 0 Å². The van der Waals surface area contributed by atoms with Crippen LogP contribution in [0, 0.1) is 0 Å². The Bertz CT molecular complexity index is 242. The molecule has 0 aromatic rings. The van der Waals surface area contributed by atoms with Crippen LogP contribution in [-0.2, 0) is 9.59 Å². The van der Waals surface area contributed by atoms with E-state index in [0.717, 1.165) is 4.90 Å². The van der Waals surface area contributed by atoms with Gasteiger partial charge in [0.1, 0.15) is 0 Å². The lowest BCUT2D eigenvalue weighted by molar-refractivity contribution is -0.136. The Morgan fingerprint density at radius 2 is 1.93 bits per heavy atom. The average Bonchev–Trinajstić information content (AvgIpc) is 2.00. The monoisotopic (exact) mass is 227 g/mol. The predicted molar refractivity (Wildman–Crippen MR) is 45.8 cm³/mol. The Hall–Kier alpha value is -1.31. The Labute approximate surface area is 84.4 Å². The third kappa shape index (κ3) is 7.74. The van der Waals surface area contributed by atoms with E-state index in [0.29, 0.717) is 0 Å². The van der Waals surface area contributed by atoms with Crippen LogP contribution in [-0.4, -0.2) is 49.6 Å². The first-order valence-electron chi connectivity index (χ1n) is 4.02. The molecular formula is C7H12F3N3O2. The van der Waals surface area contributed by atoms with Gasteiger partial charge >= 0.3 is 6.18 Å². The van der Waals surface area contributed by atoms with Crippen LogP contribution in [0.4, 0.5) is 13.2 Å². The van der Waals surface area contributed by atoms with Crippen molar-refractivity contribution in [3.05, 3.63) is 0 Å². The van der Waals surface area contributed by atoms with E-state index in [1.54, 1.807) is 0 Å². The van der Waals surface area contributed by atoms with Crippen LogP contribution in [0.15, 0.2) is 0 Å². The predicted octanol–water partition coefficient (Wildman–Crippen LogP) is -0.918. The third-order valence-corrected chi connectivity index (χ3v) is 1.42. The molecule has 0 unspecified atom stereocenters. The van der Waals surface area contributed by atoms with Crippen molar-refractivity contribution in [2.24, 2.45) is 5.73 Å². The Morgan fingerprint density at radius 1 is 1.40 bits per heavy atom. The molecule has 0 aromatic heterocycles. The first-order valence-corrected chi connectivity index (χ1v) is 4.02. The SMILES string of the molecule is CN(CC(N)=O)C(=O)CNCC(F)(F)F. The molecule has 0 saturated heterocycles. The quantitative estimate of drug-likeness (QED) is 0.638. The number of carbonyl (C=O) groups excluding carboxylic acids is 2. The molecule has 8 heteroatoms. The van der Waals surface area contributed by atoms with Gasteiger partial charge in [0.25, 0.3) is 0 Å². The molecule has 0 aromatic carbocycles. The smallest absolute Gasteiger partial charge is 0.368 e. The number of amides is 2. The minimum atomic E-state index is -4.36. The number of hydrogen-bond acceptors (Lipinski definition) is 3. The van der Waals surface area contributed by atoms with Gasteiger partial charge in [-0.2, -0.15) is 13.2 Å². The van der Waals surface area contributed by atoms with Gasteiger partial charge in [0, 0.05) is 7.05 Å². The average molecular weight is 227 g/mol. The topological polar surface area (TPSA) is 75.4 Å². The van der Waals surface area contributed by atoms with Crippen molar-refractivity contribution in [3.63, 3.8) is 0 Å². The number of halogens is 3. The largest absolute Gasteiger partial charge is 0.401 e. The van der Waals surface area contributed by atoms with Gasteiger partial charge in [-0.15, -0.1) is 0 Å². The molecule has 2 amide bonds. The van der Waals surface area contributed by atoms with Crippen molar-refractivity contribution in [1.82, 2.24) is 10.2 Å². The number of primary amides is 1. The fourth-order valence-corrected chi connectivity index (χ4v) is 0.768. The van der Waals surface area contributed by atoms with Gasteiger partial charge < -0.3 is 16.0 Å². The second kappa shape index (κ2) is 5.54. The summed E-state index contributed by atoms with van der Waals surface area (Å²) < 4.78 is 35.0. The van der Waals surface area contributed by atoms with E-state index < -0.39 is 31.1 Å². The number of alkyl halides is 3. The van der Waals surface area contributed by atoms with Crippen LogP contribution < -0.4 is 11.1 Å². The molecule has 0 bridgehead atoms. The Morgan fingerprint density at radius 3 is 2.33 bits per heavy atom. The molecule has 0 rings (SSSR count). The van der Waals surface area contributed by atoms with E-state index in [9.17, 15) is 22.8 Å². The minimum absolute atomic E-state index is 0.313. The van der Waals surface area contributed by atoms with Crippen molar-refractivity contribution in [1.29, 1.82) is 0 Å². The number of nitrogens with one attached hydrogen (secondary N) is 1. The van der Waals surface area contributed by atoms with E-state index in [1.165, 1.54) is 7.05 Å². The maximum Gasteiger partial charge on any atom is 0.401 e. The zero-order chi connectivity index (χ0) is 12.1. The minimum Gasteiger partial charge on any atom is -0.368 e. The summed E-state index contributed by atoms with van der Waals surface area (Å²) in [5.74, 6) is -1.35. The summed E-state index contributed by atoms with van der Waals surface area (Å²) in [7, 11) is 1.28. The fraction of sp³-hybridized carbons (Fsp3) is 0.714. The molecule has 3 N–H and O–H groups in total. The van der Waals surface area contributed by atoms with E-state index in [4.69, 9.17) is 5.73 Å². The summed E-state index contributed by atoms with van der Waals surface area (Å²) in [5, 5.41) is 1.91. The number of nitrogens with zero attached hydrogens (tertiary/aromatic N) is 1. The number of rotatable bonds is 5. The molecule has 15 heavy (non-hydrogen) atoms. The van der Waals surface area contributed by atoms with Crippen molar-refractivity contribution < 1.29 is 22.8 Å². The molecule has 0 aliphatic rings. The molecule has 0 fully saturated rings. The van der Waals surface area contributed by atoms with Gasteiger partial charge in [-0.1, -0.05) is 0 Å². The van der Waals surface area contributed by atoms with Gasteiger partial charge in [-0.05, 0) is 0 Å². The zero-order valence-electron chi connectivity index (χ0n) is 8.10. The van der Waals surface area contributed by atoms with Gasteiger partial charge in [0.2, 0.25) is 11.8 Å². The summed E-state index contributed by atoms with van der Waals surface area (Å²) in [4.78, 5) is 22.4. The number of hydrogen-bond donors (Lipinski definition) is 2. The normalized spacial score (nSPS) is 11.2. The van der Waals surface area contributed by atoms with Crippen LogP contribution >= 0.6 is 0 Å². The van der Waals surface area contributed by atoms with Crippen LogP contribution in [0.3, 0.4) is 0 Å². The third-order valence-electron chi connectivity index (χ3n) is 1.42. The molecule has 0 aliphatic carbocycles. The molecule has 88 valence electrons. The maximum absolute atomic E-state index is 11.7. The molecule has 0 radical (unpaired) electrons. The van der Waals surface area contributed by atoms with Crippen molar-refractivity contribution in [3.8, 4) is 0 Å². The van der Waals surface area contributed by atoms with Gasteiger partial charge in [0.05, 0.1) is 19.6 Å². The van der Waals surface area contributed by atoms with E-state index in [1.807, 2.05) is 5.32 Å². The lowest BCUT2D eigenvalue weighted by Crippen LogP contribution is -2.42. The molecule has 5 nitrogen and oxygen atoms in total. The van der Waals surface area contributed by atoms with Gasteiger partial charge in [-0.3, -0.25) is 9.59 Å². The van der Waals surface area contributed by atoms with Gasteiger partial charge in [0.15, 0.2) is 0 Å². The number of nitrogens with two attached hydrogens (primary N) is 1. The highest BCUT2D eigenvalue weighted by atomic mass is 19.4. The van der Waals surface area contributed by atoms with Crippen LogP contribution in [0.25, 0.3) is 0 Å². The maximum atomic E-state index is 11.7. The fourth-order valence-electron chi connectivity index (χ4n) is 0.768. The summed E-state index contributed by atoms with van der Waals surface area (Å²) in [5.41, 5.74) is 4.80. The first-order chi connectivity index (χ1) is 6.72. The Kier molecular flexibility index (Phi) is 5.06. The van der Waals surface area contributed by atoms with Crippen molar-refractivity contribution >= 4 is 11.8 Å². The summed E-state index contributed by atoms with van der Waals surface area (Å²) in [6.45, 7) is -2.04. The second-order valence-corrected chi connectivity index (χ2v) is 2.93. The second-order valence-electron chi connectivity index (χ2n) is 2.93. The van der Waals surface area contributed by atoms with Gasteiger partial charge in [-0.25, -0.2) is 0 Å². The number of likely N-dealkylation sites (N-methyl/N-ethyl adjacent to an activating group) is 1. The molecule has 0 spiro atoms. The molecule has 0 saturated carbocycles. The lowest BCUT2D eigenvalue weighted by Gasteiger charge is -2.15. The first kappa shape index (κ1) is 13.7. The highest BCUT2D eigenvalue weighted by Crippen LogP contribution is 2.11. The van der Waals surface area contributed by atoms with E-state index >= 15 is 0 Å². The molecule has 0 heterocycles. The lowest BCUT2D eigenvalue weighted by atomic mass is 10.4. The standard InChI is InChI=1S/C7H12F3N3O2/c1-13(3-5(11)14)6(15)2-12-4-7(8,9)10/h12H,2-4H2,1H3,(H2,11,14). The van der Waals surface area contributed by atoms with Crippen LogP contribution in [0.1, 0.15) is 0 Å². The summed E-state index contributed by atoms with van der Waals surface area (Å²) in [6.07, 6.45) is -4.36. The summed E-state index contributed by atoms with van der Waals surface area (Å²) in [6, 6.07) is 0. The molecular weight excluding hydrogens is 215 g/mol. The highest BCUT2D eigenvalue weighted by Gasteiger charge is 2.26. The Balaban J connectivity index is 3.79. The summed E-state index contributed by atoms with van der Waals surface area (Å²) >= 11 is 0. The number of carbonyl (C=O) groups is 2. The zero-order valence-corrected chi connectivity index (χ0v) is 8.10. The molecule has 0 aliphatic heterocycles. The van der Waals surface area contributed by atoms with E-state index in [2.05, 4.69) is 0 Å². The highest BCUT2D eigenvalue weighted by molar-refractivity contribution is 5.84. The van der Waals surface area contributed by atoms with Crippen LogP contribution in [0.2, 0.25) is 0 Å². The van der Waals surface area contributed by atoms with Crippen molar-refractivity contribution in [2.75, 3.05) is 26.7 Å². The van der Waals surface area contributed by atoms with Crippen molar-refractivity contribution in [2.45, 2.75) is 6.18 Å².